The molecule has 0 atom stereocenters. The smallest absolute Gasteiger partial charge is 0.405 e. The second-order valence-corrected chi connectivity index (χ2v) is 44.6. The summed E-state index contributed by atoms with van der Waals surface area (Å²) in [5, 5.41) is 13.5. The zero-order valence-corrected chi connectivity index (χ0v) is 87.9. The molecular formula is C126H103B3Cl2N8O6S3. The third-order valence-electron chi connectivity index (χ3n) is 29.5. The van der Waals surface area contributed by atoms with Crippen molar-refractivity contribution in [2.45, 2.75) is 117 Å². The number of halogens is 2. The summed E-state index contributed by atoms with van der Waals surface area (Å²) in [6.45, 7) is 24.6. The van der Waals surface area contributed by atoms with E-state index in [1.54, 1.807) is 0 Å². The molecule has 0 aliphatic carbocycles. The van der Waals surface area contributed by atoms with Gasteiger partial charge in [0.25, 0.3) is 0 Å². The number of thiophene rings is 3. The number of benzene rings is 17. The normalized spacial score (nSPS) is 15.2. The van der Waals surface area contributed by atoms with Gasteiger partial charge in [-0.25, -0.2) is 19.9 Å². The summed E-state index contributed by atoms with van der Waals surface area (Å²) in [5.41, 5.74) is 17.2. The summed E-state index contributed by atoms with van der Waals surface area (Å²) in [7, 11) is -1.29. The van der Waals surface area contributed by atoms with E-state index in [9.17, 15) is 0 Å². The van der Waals surface area contributed by atoms with E-state index in [0.717, 1.165) is 93.6 Å². The molecule has 148 heavy (non-hydrogen) atoms. The SMILES string of the molecule is CC1(C)OB(B2OC(C)(C)C(C)(C)O2)OC1(C)C.CC1(C)OB(c2cccc(-c3ccc4c(c3)sc3ccccc34)c2)OC1(C)C.Clc1cccc(-c2ccc3c(c2)sc2ccccc23)c1.Clc1nc(-c2ccccc2)nc(-c2cccc3c4ccccc4n(-c4ccccc4)c23)n1.c1ccc(-c2nc(-c3cccc(-c4ccc5c(c4)sc4ccccc45)c3)nc(-c3cccc4c5ccccc5n(-c5ccccc5)c34)n2)cc1. The standard InChI is InChI=1S/C45H28N4S.C27H17ClN4.C24H23BO2S.C18H11ClS.C12H24B2O4/c1-3-13-29(14-4-1)43-46-44(32-16-11-15-30(27-32)31-25-26-36-35-20-8-10-24-40(35)50-41(36)28-31)48-45(47-43)38-22-12-21-37-34-19-7-9-23-39(34)49(42(37)38)33-17-5-2-6-18-33;28-27-30-25(18-10-3-1-4-11-18)29-26(31-27)22-16-9-15-21-20-14-7-8-17-23(20)32(24(21)22)19-12-5-2-6-13-19;1-23(2)24(3,4)27-25(26-23)18-9-7-8-16(14-18)17-12-13-20-19-10-5-6-11-21(19)28-22(20)15-17;19-14-5-3-4-12(10-14)13-8-9-16-15-6-1-2-7-17(15)20-18(16)11-13;1-9(2)10(3,4)16-13(15-9)14-17-11(5,6)12(7,8)18-14/h1-28H;1-17H;5-15H,1-4H3;1-11H;1-8H3. The van der Waals surface area contributed by atoms with E-state index in [4.69, 9.17) is 71.1 Å². The lowest BCUT2D eigenvalue weighted by Crippen LogP contribution is -2.41. The van der Waals surface area contributed by atoms with Crippen LogP contribution < -0.4 is 5.46 Å². The Morgan fingerprint density at radius 2 is 0.514 bits per heavy atom. The van der Waals surface area contributed by atoms with Gasteiger partial charge in [0, 0.05) is 126 Å². The van der Waals surface area contributed by atoms with Crippen LogP contribution in [-0.2, 0) is 27.9 Å². The van der Waals surface area contributed by atoms with Crippen LogP contribution in [0.25, 0.3) is 206 Å². The van der Waals surface area contributed by atoms with Crippen molar-refractivity contribution >= 4 is 188 Å². The number of fused-ring (bicyclic) bond motifs is 15. The zero-order valence-electron chi connectivity index (χ0n) is 83.9. The highest BCUT2D eigenvalue weighted by molar-refractivity contribution is 7.26. The van der Waals surface area contributed by atoms with E-state index in [1.165, 1.54) is 93.5 Å². The van der Waals surface area contributed by atoms with Crippen molar-refractivity contribution in [1.29, 1.82) is 0 Å². The van der Waals surface area contributed by atoms with Gasteiger partial charge in [0.05, 0.1) is 55.7 Å². The summed E-state index contributed by atoms with van der Waals surface area (Å²) < 4.78 is 48.8. The molecule has 3 aliphatic rings. The van der Waals surface area contributed by atoms with E-state index in [0.29, 0.717) is 29.1 Å². The lowest BCUT2D eigenvalue weighted by atomic mass is 9.49. The molecule has 3 saturated heterocycles. The molecule has 0 bridgehead atoms. The van der Waals surface area contributed by atoms with Crippen molar-refractivity contribution in [2.24, 2.45) is 0 Å². The van der Waals surface area contributed by atoms with E-state index in [-0.39, 0.29) is 46.0 Å². The summed E-state index contributed by atoms with van der Waals surface area (Å²) >= 11 is 18.0. The van der Waals surface area contributed by atoms with E-state index in [2.05, 4.69) is 356 Å². The molecule has 724 valence electrons. The van der Waals surface area contributed by atoms with Crippen LogP contribution in [0.2, 0.25) is 10.3 Å². The van der Waals surface area contributed by atoms with Crippen LogP contribution in [0.4, 0.5) is 0 Å². The molecule has 7 aromatic heterocycles. The second-order valence-electron chi connectivity index (χ2n) is 40.6. The van der Waals surface area contributed by atoms with Gasteiger partial charge in [-0.1, -0.05) is 315 Å². The number of rotatable bonds is 12. The maximum Gasteiger partial charge on any atom is 0.494 e. The minimum Gasteiger partial charge on any atom is -0.405 e. The van der Waals surface area contributed by atoms with Gasteiger partial charge in [-0.3, -0.25) is 0 Å². The van der Waals surface area contributed by atoms with Gasteiger partial charge in [-0.05, 0) is 237 Å². The Morgan fingerprint density at radius 1 is 0.223 bits per heavy atom. The van der Waals surface area contributed by atoms with Crippen LogP contribution >= 0.6 is 57.2 Å². The van der Waals surface area contributed by atoms with Crippen molar-refractivity contribution < 1.29 is 27.9 Å². The van der Waals surface area contributed by atoms with E-state index < -0.39 is 14.0 Å². The molecule has 0 amide bonds. The highest BCUT2D eigenvalue weighted by Crippen LogP contribution is 2.48. The van der Waals surface area contributed by atoms with Gasteiger partial charge < -0.3 is 37.1 Å². The molecule has 10 heterocycles. The van der Waals surface area contributed by atoms with Gasteiger partial charge in [-0.15, -0.1) is 34.0 Å². The molecule has 14 nitrogen and oxygen atoms in total. The van der Waals surface area contributed by atoms with Gasteiger partial charge in [0.2, 0.25) is 5.28 Å². The number of para-hydroxylation sites is 6. The van der Waals surface area contributed by atoms with Crippen molar-refractivity contribution in [1.82, 2.24) is 39.0 Å². The second kappa shape index (κ2) is 39.3. The topological polar surface area (TPSA) is 143 Å². The average Bonchev–Trinajstić information content (AvgIpc) is 1.58. The Bertz CT molecular complexity index is 9090. The summed E-state index contributed by atoms with van der Waals surface area (Å²) in [5.74, 6) is 3.02. The number of aromatic nitrogens is 8. The average molecular weight is 2020 g/mol. The summed E-state index contributed by atoms with van der Waals surface area (Å²) in [6, 6.07) is 142. The van der Waals surface area contributed by atoms with Crippen molar-refractivity contribution in [3.63, 3.8) is 0 Å². The minimum absolute atomic E-state index is 0.174. The first-order valence-electron chi connectivity index (χ1n) is 49.8. The van der Waals surface area contributed by atoms with Crippen LogP contribution in [0.1, 0.15) is 83.1 Å². The third kappa shape index (κ3) is 18.7. The lowest BCUT2D eigenvalue weighted by Gasteiger charge is -2.32. The molecule has 0 N–H and O–H groups in total. The van der Waals surface area contributed by atoms with Crippen LogP contribution in [0.5, 0.6) is 0 Å². The van der Waals surface area contributed by atoms with Crippen molar-refractivity contribution in [3.8, 4) is 102 Å². The van der Waals surface area contributed by atoms with Crippen LogP contribution in [0, 0.1) is 0 Å². The first-order chi connectivity index (χ1) is 71.6. The quantitative estimate of drug-likeness (QED) is 0.107. The Labute approximate surface area is 883 Å². The number of hydrogen-bond acceptors (Lipinski definition) is 15. The summed E-state index contributed by atoms with van der Waals surface area (Å²) in [4.78, 5) is 29.2. The van der Waals surface area contributed by atoms with Crippen LogP contribution in [0.3, 0.4) is 0 Å². The molecular weight excluding hydrogens is 1920 g/mol. The van der Waals surface area contributed by atoms with Gasteiger partial charge in [0.1, 0.15) is 0 Å². The maximum absolute atomic E-state index is 6.37. The van der Waals surface area contributed by atoms with Crippen molar-refractivity contribution in [3.05, 3.63) is 417 Å². The van der Waals surface area contributed by atoms with Crippen LogP contribution in [0.15, 0.2) is 406 Å². The van der Waals surface area contributed by atoms with Gasteiger partial charge in [-0.2, -0.15) is 9.97 Å². The van der Waals surface area contributed by atoms with Crippen LogP contribution in [-0.4, -0.2) is 93.8 Å². The third-order valence-corrected chi connectivity index (χ3v) is 33.3. The zero-order chi connectivity index (χ0) is 102. The van der Waals surface area contributed by atoms with Crippen molar-refractivity contribution in [2.75, 3.05) is 0 Å². The van der Waals surface area contributed by atoms with Gasteiger partial charge >= 0.3 is 21.1 Å². The fourth-order valence-corrected chi connectivity index (χ4v) is 23.5. The Morgan fingerprint density at radius 3 is 0.939 bits per heavy atom. The van der Waals surface area contributed by atoms with E-state index in [1.807, 2.05) is 186 Å². The first kappa shape index (κ1) is 97.0. The largest absolute Gasteiger partial charge is 0.494 e. The molecule has 0 unspecified atom stereocenters. The maximum atomic E-state index is 6.37. The Hall–Kier alpha value is -14.4. The fraction of sp³-hybridized carbons (Fsp3) is 0.143. The molecule has 0 spiro atoms. The molecule has 22 heteroatoms. The highest BCUT2D eigenvalue weighted by Gasteiger charge is 2.64. The number of hydrogen-bond donors (Lipinski definition) is 0. The molecule has 0 radical (unpaired) electrons. The molecule has 3 aliphatic heterocycles. The molecule has 27 rings (SSSR count). The predicted octanol–water partition coefficient (Wildman–Crippen LogP) is 33.6. The number of nitrogens with zero attached hydrogens (tertiary/aromatic N) is 8. The highest BCUT2D eigenvalue weighted by atomic mass is 35.5. The fourth-order valence-electron chi connectivity index (χ4n) is 19.7. The Kier molecular flexibility index (Phi) is 25.8. The molecule has 17 aromatic carbocycles. The molecule has 24 aromatic rings. The summed E-state index contributed by atoms with van der Waals surface area (Å²) in [6.07, 6.45) is 0. The lowest BCUT2D eigenvalue weighted by molar-refractivity contribution is 0.00578. The van der Waals surface area contributed by atoms with E-state index >= 15 is 0 Å². The predicted molar refractivity (Wildman–Crippen MR) is 621 cm³/mol. The monoisotopic (exact) mass is 2020 g/mol. The van der Waals surface area contributed by atoms with Gasteiger partial charge in [0.15, 0.2) is 29.1 Å². The molecule has 0 saturated carbocycles. The molecule has 3 fully saturated rings. The Balaban J connectivity index is 0.000000107. The minimum atomic E-state index is -0.476. The first-order valence-corrected chi connectivity index (χ1v) is 53.0.